The fourth-order valence-corrected chi connectivity index (χ4v) is 4.09. The predicted molar refractivity (Wildman–Crippen MR) is 121 cm³/mol. The Bertz CT molecular complexity index is 1100. The van der Waals surface area contributed by atoms with Crippen LogP contribution in [0.3, 0.4) is 0 Å². The van der Waals surface area contributed by atoms with Crippen molar-refractivity contribution in [1.82, 2.24) is 24.5 Å². The molecule has 4 rings (SSSR count). The lowest BCUT2D eigenvalue weighted by atomic mass is 10.2. The van der Waals surface area contributed by atoms with Crippen LogP contribution in [0.1, 0.15) is 20.8 Å². The Labute approximate surface area is 190 Å². The second-order valence-electron chi connectivity index (χ2n) is 6.88. The average molecular weight is 459 g/mol. The van der Waals surface area contributed by atoms with Crippen LogP contribution in [-0.4, -0.2) is 56.0 Å². The van der Waals surface area contributed by atoms with Crippen LogP contribution in [0.15, 0.2) is 29.6 Å². The van der Waals surface area contributed by atoms with Gasteiger partial charge in [-0.15, -0.1) is 15.3 Å². The van der Waals surface area contributed by atoms with E-state index in [1.54, 1.807) is 18.2 Å². The lowest BCUT2D eigenvalue weighted by Crippen LogP contribution is -2.17. The first kappa shape index (κ1) is 22.0. The molecule has 1 aromatic carbocycles. The van der Waals surface area contributed by atoms with E-state index in [1.165, 1.54) is 11.8 Å². The second-order valence-corrected chi connectivity index (χ2v) is 7.82. The van der Waals surface area contributed by atoms with E-state index in [-0.39, 0.29) is 11.7 Å². The number of thioether (sulfide) groups is 1. The number of hydrogen-bond donors (Lipinski definition) is 1. The number of fused-ring (bicyclic) bond motifs is 1. The summed E-state index contributed by atoms with van der Waals surface area (Å²) in [4.78, 5) is 12.5. The Balaban J connectivity index is 1.45. The van der Waals surface area contributed by atoms with Gasteiger partial charge in [-0.25, -0.2) is 0 Å². The van der Waals surface area contributed by atoms with Crippen molar-refractivity contribution in [2.45, 2.75) is 39.0 Å². The topological polar surface area (TPSA) is 105 Å². The highest BCUT2D eigenvalue weighted by atomic mass is 32.2. The van der Waals surface area contributed by atoms with Gasteiger partial charge in [-0.2, -0.15) is 0 Å². The van der Waals surface area contributed by atoms with Gasteiger partial charge in [0.2, 0.25) is 11.8 Å². The maximum atomic E-state index is 12.5. The van der Waals surface area contributed by atoms with Crippen LogP contribution in [0.4, 0.5) is 5.69 Å². The lowest BCUT2D eigenvalue weighted by molar-refractivity contribution is -0.113. The van der Waals surface area contributed by atoms with Gasteiger partial charge in [0.25, 0.3) is 0 Å². The molecular weight excluding hydrogens is 432 g/mol. The van der Waals surface area contributed by atoms with E-state index in [0.717, 1.165) is 12.1 Å². The average Bonchev–Trinajstić information content (AvgIpc) is 3.41. The van der Waals surface area contributed by atoms with Crippen LogP contribution in [0.5, 0.6) is 17.4 Å². The second kappa shape index (κ2) is 9.94. The SMILES string of the molecule is CCOc1nn(CC)cc1-c1nnc(SCC(=O)Nc2ccc3c(c2)OCCO3)n1CC. The first-order chi connectivity index (χ1) is 15.6. The molecule has 10 nitrogen and oxygen atoms in total. The highest BCUT2D eigenvalue weighted by molar-refractivity contribution is 7.99. The van der Waals surface area contributed by atoms with Crippen molar-refractivity contribution in [3.05, 3.63) is 24.4 Å². The number of anilines is 1. The molecule has 11 heteroatoms. The van der Waals surface area contributed by atoms with E-state index in [2.05, 4.69) is 20.6 Å². The Morgan fingerprint density at radius 3 is 2.72 bits per heavy atom. The molecular formula is C21H26N6O4S. The molecule has 0 saturated heterocycles. The number of nitrogens with zero attached hydrogens (tertiary/aromatic N) is 5. The first-order valence-electron chi connectivity index (χ1n) is 10.6. The van der Waals surface area contributed by atoms with Crippen molar-refractivity contribution in [2.75, 3.05) is 30.9 Å². The Kier molecular flexibility index (Phi) is 6.84. The minimum atomic E-state index is -0.146. The zero-order valence-electron chi connectivity index (χ0n) is 18.3. The standard InChI is InChI=1S/C21H26N6O4S/c1-4-26-12-15(20(25-26)29-6-3)19-23-24-21(27(19)5-2)32-13-18(28)22-14-7-8-16-17(11-14)31-10-9-30-16/h7-8,11-12H,4-6,9-10,13H2,1-3H3,(H,22,28). The van der Waals surface area contributed by atoms with E-state index in [9.17, 15) is 4.79 Å². The van der Waals surface area contributed by atoms with Crippen LogP contribution in [-0.2, 0) is 17.9 Å². The van der Waals surface area contributed by atoms with E-state index in [1.807, 2.05) is 36.2 Å². The van der Waals surface area contributed by atoms with Gasteiger partial charge in [-0.1, -0.05) is 11.8 Å². The third-order valence-corrected chi connectivity index (χ3v) is 5.73. The number of benzene rings is 1. The first-order valence-corrected chi connectivity index (χ1v) is 11.6. The smallest absolute Gasteiger partial charge is 0.243 e. The molecule has 1 aliphatic rings. The summed E-state index contributed by atoms with van der Waals surface area (Å²) in [6.45, 7) is 8.85. The van der Waals surface area contributed by atoms with Crippen LogP contribution in [0, 0.1) is 0 Å². The van der Waals surface area contributed by atoms with Gasteiger partial charge in [0, 0.05) is 31.0 Å². The molecule has 1 aliphatic heterocycles. The summed E-state index contributed by atoms with van der Waals surface area (Å²) in [7, 11) is 0. The maximum absolute atomic E-state index is 12.5. The highest BCUT2D eigenvalue weighted by Gasteiger charge is 2.21. The fourth-order valence-electron chi connectivity index (χ4n) is 3.29. The quantitative estimate of drug-likeness (QED) is 0.488. The van der Waals surface area contributed by atoms with Crippen molar-refractivity contribution in [2.24, 2.45) is 0 Å². The monoisotopic (exact) mass is 458 g/mol. The third-order valence-electron chi connectivity index (χ3n) is 4.77. The van der Waals surface area contributed by atoms with Crippen molar-refractivity contribution in [3.8, 4) is 28.8 Å². The zero-order valence-corrected chi connectivity index (χ0v) is 19.1. The molecule has 2 aromatic heterocycles. The molecule has 0 aliphatic carbocycles. The third kappa shape index (κ3) is 4.67. The molecule has 170 valence electrons. The number of ether oxygens (including phenoxy) is 3. The fraction of sp³-hybridized carbons (Fsp3) is 0.429. The van der Waals surface area contributed by atoms with Gasteiger partial charge in [0.05, 0.1) is 12.4 Å². The molecule has 0 spiro atoms. The van der Waals surface area contributed by atoms with Crippen LogP contribution >= 0.6 is 11.8 Å². The van der Waals surface area contributed by atoms with Gasteiger partial charge in [0.1, 0.15) is 18.8 Å². The van der Waals surface area contributed by atoms with Crippen molar-refractivity contribution < 1.29 is 19.0 Å². The number of aromatic nitrogens is 5. The molecule has 0 atom stereocenters. The lowest BCUT2D eigenvalue weighted by Gasteiger charge is -2.19. The number of carbonyl (C=O) groups excluding carboxylic acids is 1. The summed E-state index contributed by atoms with van der Waals surface area (Å²) in [6, 6.07) is 5.36. The predicted octanol–water partition coefficient (Wildman–Crippen LogP) is 3.08. The molecule has 32 heavy (non-hydrogen) atoms. The maximum Gasteiger partial charge on any atom is 0.243 e. The van der Waals surface area contributed by atoms with E-state index < -0.39 is 0 Å². The van der Waals surface area contributed by atoms with Crippen molar-refractivity contribution >= 4 is 23.4 Å². The van der Waals surface area contributed by atoms with Gasteiger partial charge in [0.15, 0.2) is 22.5 Å². The molecule has 0 fully saturated rings. The molecule has 0 unspecified atom stereocenters. The molecule has 3 heterocycles. The van der Waals surface area contributed by atoms with Gasteiger partial charge in [-0.3, -0.25) is 9.48 Å². The normalized spacial score (nSPS) is 12.6. The summed E-state index contributed by atoms with van der Waals surface area (Å²) in [5.41, 5.74) is 1.45. The Hall–Kier alpha value is -3.21. The van der Waals surface area contributed by atoms with Gasteiger partial charge >= 0.3 is 0 Å². The highest BCUT2D eigenvalue weighted by Crippen LogP contribution is 2.33. The van der Waals surface area contributed by atoms with Crippen LogP contribution in [0.25, 0.3) is 11.4 Å². The van der Waals surface area contributed by atoms with Crippen molar-refractivity contribution in [1.29, 1.82) is 0 Å². The number of rotatable bonds is 9. The van der Waals surface area contributed by atoms with Gasteiger partial charge < -0.3 is 24.1 Å². The molecule has 0 bridgehead atoms. The Morgan fingerprint density at radius 1 is 1.16 bits per heavy atom. The number of nitrogens with one attached hydrogen (secondary N) is 1. The Morgan fingerprint density at radius 2 is 1.97 bits per heavy atom. The number of aryl methyl sites for hydroxylation is 1. The number of hydrogen-bond acceptors (Lipinski definition) is 8. The summed E-state index contributed by atoms with van der Waals surface area (Å²) in [6.07, 6.45) is 1.91. The summed E-state index contributed by atoms with van der Waals surface area (Å²) in [5.74, 6) is 2.57. The summed E-state index contributed by atoms with van der Waals surface area (Å²) < 4.78 is 20.5. The minimum absolute atomic E-state index is 0.146. The minimum Gasteiger partial charge on any atom is -0.486 e. The summed E-state index contributed by atoms with van der Waals surface area (Å²) >= 11 is 1.33. The summed E-state index contributed by atoms with van der Waals surface area (Å²) in [5, 5.41) is 16.7. The van der Waals surface area contributed by atoms with Gasteiger partial charge in [-0.05, 0) is 32.9 Å². The zero-order chi connectivity index (χ0) is 22.5. The van der Waals surface area contributed by atoms with Crippen LogP contribution < -0.4 is 19.5 Å². The molecule has 0 radical (unpaired) electrons. The van der Waals surface area contributed by atoms with Crippen LogP contribution in [0.2, 0.25) is 0 Å². The molecule has 3 aromatic rings. The van der Waals surface area contributed by atoms with E-state index >= 15 is 0 Å². The number of carbonyl (C=O) groups is 1. The molecule has 1 N–H and O–H groups in total. The molecule has 0 saturated carbocycles. The van der Waals surface area contributed by atoms with E-state index in [0.29, 0.717) is 60.4 Å². The van der Waals surface area contributed by atoms with E-state index in [4.69, 9.17) is 14.2 Å². The number of amides is 1. The molecule has 1 amide bonds. The van der Waals surface area contributed by atoms with Crippen molar-refractivity contribution in [3.63, 3.8) is 0 Å². The largest absolute Gasteiger partial charge is 0.486 e.